The summed E-state index contributed by atoms with van der Waals surface area (Å²) in [5, 5.41) is -0.114. The van der Waals surface area contributed by atoms with Gasteiger partial charge in [-0.25, -0.2) is 4.39 Å². The van der Waals surface area contributed by atoms with E-state index in [0.29, 0.717) is 5.56 Å². The van der Waals surface area contributed by atoms with Crippen molar-refractivity contribution in [2.45, 2.75) is 27.2 Å². The zero-order valence-electron chi connectivity index (χ0n) is 12.2. The Labute approximate surface area is 128 Å². The van der Waals surface area contributed by atoms with E-state index in [2.05, 4.69) is 0 Å². The maximum atomic E-state index is 13.5. The zero-order valence-corrected chi connectivity index (χ0v) is 13.0. The maximum absolute atomic E-state index is 13.5. The van der Waals surface area contributed by atoms with Crippen LogP contribution in [0.2, 0.25) is 5.02 Å². The molecule has 1 aromatic rings. The van der Waals surface area contributed by atoms with Crippen molar-refractivity contribution in [1.29, 1.82) is 0 Å². The first-order valence-electron chi connectivity index (χ1n) is 6.64. The largest absolute Gasteiger partial charge is 0.465 e. The summed E-state index contributed by atoms with van der Waals surface area (Å²) < 4.78 is 23.4. The lowest BCUT2D eigenvalue weighted by Crippen LogP contribution is -2.41. The van der Waals surface area contributed by atoms with Gasteiger partial charge in [0.15, 0.2) is 5.41 Å². The molecular formula is C15H18ClFO4. The average molecular weight is 317 g/mol. The average Bonchev–Trinajstić information content (AvgIpc) is 2.44. The number of rotatable bonds is 6. The fourth-order valence-electron chi connectivity index (χ4n) is 1.87. The van der Waals surface area contributed by atoms with Crippen molar-refractivity contribution >= 4 is 23.5 Å². The first-order chi connectivity index (χ1) is 9.86. The SMILES string of the molecule is CCOC(=O)C(C)(Cc1cccc(F)c1Cl)C(=O)OCC. The Balaban J connectivity index is 3.16. The van der Waals surface area contributed by atoms with Crippen LogP contribution < -0.4 is 0 Å². The van der Waals surface area contributed by atoms with Gasteiger partial charge in [-0.1, -0.05) is 23.7 Å². The van der Waals surface area contributed by atoms with Crippen molar-refractivity contribution in [2.75, 3.05) is 13.2 Å². The molecular weight excluding hydrogens is 299 g/mol. The van der Waals surface area contributed by atoms with Gasteiger partial charge >= 0.3 is 11.9 Å². The van der Waals surface area contributed by atoms with E-state index in [4.69, 9.17) is 21.1 Å². The second-order valence-corrected chi connectivity index (χ2v) is 5.04. The lowest BCUT2D eigenvalue weighted by Gasteiger charge is -2.25. The van der Waals surface area contributed by atoms with Crippen LogP contribution in [-0.4, -0.2) is 25.2 Å². The Bertz CT molecular complexity index is 512. The molecule has 0 spiro atoms. The minimum absolute atomic E-state index is 0.0960. The van der Waals surface area contributed by atoms with Crippen LogP contribution in [0, 0.1) is 11.2 Å². The molecule has 116 valence electrons. The number of hydrogen-bond acceptors (Lipinski definition) is 4. The van der Waals surface area contributed by atoms with E-state index in [-0.39, 0.29) is 24.7 Å². The second-order valence-electron chi connectivity index (χ2n) is 4.66. The molecule has 0 saturated carbocycles. The van der Waals surface area contributed by atoms with Crippen LogP contribution in [0.5, 0.6) is 0 Å². The molecule has 6 heteroatoms. The van der Waals surface area contributed by atoms with Gasteiger partial charge in [-0.2, -0.15) is 0 Å². The van der Waals surface area contributed by atoms with Crippen molar-refractivity contribution in [3.63, 3.8) is 0 Å². The Morgan fingerprint density at radius 1 is 1.19 bits per heavy atom. The molecule has 21 heavy (non-hydrogen) atoms. The minimum Gasteiger partial charge on any atom is -0.465 e. The first kappa shape index (κ1) is 17.4. The monoisotopic (exact) mass is 316 g/mol. The van der Waals surface area contributed by atoms with Crippen LogP contribution in [0.15, 0.2) is 18.2 Å². The molecule has 4 nitrogen and oxygen atoms in total. The second kappa shape index (κ2) is 7.41. The molecule has 0 atom stereocenters. The van der Waals surface area contributed by atoms with E-state index in [1.54, 1.807) is 19.9 Å². The van der Waals surface area contributed by atoms with Gasteiger partial charge in [-0.15, -0.1) is 0 Å². The number of hydrogen-bond donors (Lipinski definition) is 0. The van der Waals surface area contributed by atoms with Crippen LogP contribution in [0.4, 0.5) is 4.39 Å². The fraction of sp³-hybridized carbons (Fsp3) is 0.467. The first-order valence-corrected chi connectivity index (χ1v) is 7.02. The minimum atomic E-state index is -1.57. The van der Waals surface area contributed by atoms with E-state index in [9.17, 15) is 14.0 Å². The smallest absolute Gasteiger partial charge is 0.323 e. The summed E-state index contributed by atoms with van der Waals surface area (Å²) in [5.74, 6) is -2.04. The van der Waals surface area contributed by atoms with Crippen LogP contribution in [0.1, 0.15) is 26.3 Å². The van der Waals surface area contributed by atoms with Crippen molar-refractivity contribution in [3.8, 4) is 0 Å². The predicted octanol–water partition coefficient (Wildman–Crippen LogP) is 3.15. The van der Waals surface area contributed by atoms with Crippen LogP contribution >= 0.6 is 11.6 Å². The fourth-order valence-corrected chi connectivity index (χ4v) is 2.07. The summed E-state index contributed by atoms with van der Waals surface area (Å²) in [4.78, 5) is 24.2. The summed E-state index contributed by atoms with van der Waals surface area (Å²) in [5.41, 5.74) is -1.22. The Kier molecular flexibility index (Phi) is 6.15. The molecule has 0 aromatic heterocycles. The molecule has 0 fully saturated rings. The van der Waals surface area contributed by atoms with Gasteiger partial charge in [0.05, 0.1) is 18.2 Å². The molecule has 0 aliphatic rings. The molecule has 1 rings (SSSR count). The number of carbonyl (C=O) groups excluding carboxylic acids is 2. The topological polar surface area (TPSA) is 52.6 Å². The van der Waals surface area contributed by atoms with Crippen LogP contribution in [0.25, 0.3) is 0 Å². The molecule has 0 N–H and O–H groups in total. The van der Waals surface area contributed by atoms with Crippen LogP contribution in [0.3, 0.4) is 0 Å². The number of benzene rings is 1. The molecule has 0 bridgehead atoms. The summed E-state index contributed by atoms with van der Waals surface area (Å²) in [6.07, 6.45) is -0.0960. The molecule has 0 saturated heterocycles. The maximum Gasteiger partial charge on any atom is 0.323 e. The predicted molar refractivity (Wildman–Crippen MR) is 76.5 cm³/mol. The Morgan fingerprint density at radius 2 is 1.71 bits per heavy atom. The number of halogens is 2. The van der Waals surface area contributed by atoms with E-state index < -0.39 is 23.2 Å². The summed E-state index contributed by atoms with van der Waals surface area (Å²) in [6, 6.07) is 4.23. The summed E-state index contributed by atoms with van der Waals surface area (Å²) in [7, 11) is 0. The van der Waals surface area contributed by atoms with Gasteiger partial charge in [0.1, 0.15) is 5.82 Å². The highest BCUT2D eigenvalue weighted by Gasteiger charge is 2.44. The highest BCUT2D eigenvalue weighted by molar-refractivity contribution is 6.31. The quantitative estimate of drug-likeness (QED) is 0.597. The highest BCUT2D eigenvalue weighted by atomic mass is 35.5. The van der Waals surface area contributed by atoms with Gasteiger partial charge in [0, 0.05) is 6.42 Å². The molecule has 1 aromatic carbocycles. The molecule has 0 aliphatic carbocycles. The van der Waals surface area contributed by atoms with Gasteiger partial charge in [0.25, 0.3) is 0 Å². The Hall–Kier alpha value is -1.62. The van der Waals surface area contributed by atoms with Gasteiger partial charge in [-0.3, -0.25) is 9.59 Å². The van der Waals surface area contributed by atoms with Crippen molar-refractivity contribution in [1.82, 2.24) is 0 Å². The van der Waals surface area contributed by atoms with Crippen molar-refractivity contribution in [3.05, 3.63) is 34.6 Å². The summed E-state index contributed by atoms with van der Waals surface area (Å²) in [6.45, 7) is 4.94. The van der Waals surface area contributed by atoms with Gasteiger partial charge < -0.3 is 9.47 Å². The molecule has 0 unspecified atom stereocenters. The van der Waals surface area contributed by atoms with E-state index in [0.717, 1.165) is 0 Å². The number of esters is 2. The van der Waals surface area contributed by atoms with E-state index in [1.807, 2.05) is 0 Å². The third-order valence-corrected chi connectivity index (χ3v) is 3.45. The normalized spacial score (nSPS) is 11.1. The zero-order chi connectivity index (χ0) is 16.0. The number of carbonyl (C=O) groups is 2. The molecule has 0 heterocycles. The lowest BCUT2D eigenvalue weighted by molar-refractivity contribution is -0.170. The highest BCUT2D eigenvalue weighted by Crippen LogP contribution is 2.31. The Morgan fingerprint density at radius 3 is 2.19 bits per heavy atom. The summed E-state index contributed by atoms with van der Waals surface area (Å²) >= 11 is 5.88. The molecule has 0 aliphatic heterocycles. The van der Waals surface area contributed by atoms with Gasteiger partial charge in [-0.05, 0) is 32.4 Å². The molecule has 0 radical (unpaired) electrons. The van der Waals surface area contributed by atoms with Crippen LogP contribution in [-0.2, 0) is 25.5 Å². The third kappa shape index (κ3) is 3.94. The van der Waals surface area contributed by atoms with Gasteiger partial charge in [0.2, 0.25) is 0 Å². The van der Waals surface area contributed by atoms with Crippen molar-refractivity contribution in [2.24, 2.45) is 5.41 Å². The third-order valence-electron chi connectivity index (χ3n) is 3.03. The standard InChI is InChI=1S/C15H18ClFO4/c1-4-20-13(18)15(3,14(19)21-5-2)9-10-7-6-8-11(17)12(10)16/h6-8H,4-5,9H2,1-3H3. The van der Waals surface area contributed by atoms with E-state index >= 15 is 0 Å². The van der Waals surface area contributed by atoms with Crippen molar-refractivity contribution < 1.29 is 23.5 Å². The lowest BCUT2D eigenvalue weighted by atomic mass is 9.83. The van der Waals surface area contributed by atoms with E-state index in [1.165, 1.54) is 19.1 Å². The molecule has 0 amide bonds. The number of ether oxygens (including phenoxy) is 2.